The van der Waals surface area contributed by atoms with Crippen molar-refractivity contribution < 1.29 is 0 Å². The van der Waals surface area contributed by atoms with Crippen LogP contribution < -0.4 is 5.73 Å². The highest BCUT2D eigenvalue weighted by atomic mass is 14.6. The maximum Gasteiger partial charge on any atom is 0.00414 e. The fourth-order valence-corrected chi connectivity index (χ4v) is 2.45. The van der Waals surface area contributed by atoms with Gasteiger partial charge < -0.3 is 5.73 Å². The number of rotatable bonds is 6. The molecule has 1 unspecified atom stereocenters. The fraction of sp³-hybridized carbons (Fsp3) is 1.00. The minimum atomic E-state index is 0.495. The minimum Gasteiger partial charge on any atom is -0.328 e. The summed E-state index contributed by atoms with van der Waals surface area (Å²) >= 11 is 0. The van der Waals surface area contributed by atoms with Gasteiger partial charge in [-0.1, -0.05) is 51.9 Å². The minimum absolute atomic E-state index is 0.495. The van der Waals surface area contributed by atoms with Gasteiger partial charge in [0.15, 0.2) is 0 Å². The Hall–Kier alpha value is -0.0400. The molecule has 1 saturated carbocycles. The molecule has 1 rings (SSSR count). The Bertz CT molecular complexity index is 116. The zero-order chi connectivity index (χ0) is 9.52. The number of nitrogens with two attached hydrogens (primary N) is 1. The molecule has 78 valence electrons. The van der Waals surface area contributed by atoms with Crippen molar-refractivity contribution in [3.63, 3.8) is 0 Å². The lowest BCUT2D eigenvalue weighted by Gasteiger charge is -2.15. The van der Waals surface area contributed by atoms with Gasteiger partial charge in [0.05, 0.1) is 0 Å². The van der Waals surface area contributed by atoms with Crippen molar-refractivity contribution >= 4 is 0 Å². The zero-order valence-electron chi connectivity index (χ0n) is 9.10. The van der Waals surface area contributed by atoms with Crippen molar-refractivity contribution in [2.24, 2.45) is 11.7 Å². The summed E-state index contributed by atoms with van der Waals surface area (Å²) in [5.74, 6) is 0.969. The molecule has 2 N–H and O–H groups in total. The summed E-state index contributed by atoms with van der Waals surface area (Å²) in [5, 5.41) is 0. The molecule has 1 fully saturated rings. The first-order valence-corrected chi connectivity index (χ1v) is 6.08. The highest BCUT2D eigenvalue weighted by molar-refractivity contribution is 4.73. The molecule has 1 aliphatic rings. The molecular weight excluding hydrogens is 158 g/mol. The number of unbranched alkanes of at least 4 members (excludes halogenated alkanes) is 2. The summed E-state index contributed by atoms with van der Waals surface area (Å²) in [6.07, 6.45) is 12.4. The quantitative estimate of drug-likeness (QED) is 0.627. The first kappa shape index (κ1) is 11.0. The molecule has 13 heavy (non-hydrogen) atoms. The first-order valence-electron chi connectivity index (χ1n) is 6.08. The molecule has 1 nitrogen and oxygen atoms in total. The molecule has 0 aromatic heterocycles. The van der Waals surface area contributed by atoms with E-state index in [9.17, 15) is 0 Å². The smallest absolute Gasteiger partial charge is 0.00414 e. The summed E-state index contributed by atoms with van der Waals surface area (Å²) < 4.78 is 0. The lowest BCUT2D eigenvalue weighted by Crippen LogP contribution is -2.22. The van der Waals surface area contributed by atoms with E-state index < -0.39 is 0 Å². The highest BCUT2D eigenvalue weighted by Crippen LogP contribution is 2.28. The van der Waals surface area contributed by atoms with Gasteiger partial charge in [-0.3, -0.25) is 0 Å². The van der Waals surface area contributed by atoms with Crippen molar-refractivity contribution in [3.05, 3.63) is 0 Å². The van der Waals surface area contributed by atoms with Crippen molar-refractivity contribution in [1.29, 1.82) is 0 Å². The van der Waals surface area contributed by atoms with Crippen LogP contribution in [0.2, 0.25) is 0 Å². The molecule has 0 aromatic rings. The van der Waals surface area contributed by atoms with E-state index in [1.807, 2.05) is 0 Å². The third-order valence-electron chi connectivity index (χ3n) is 3.29. The average molecular weight is 183 g/mol. The van der Waals surface area contributed by atoms with Gasteiger partial charge in [-0.05, 0) is 18.8 Å². The van der Waals surface area contributed by atoms with Gasteiger partial charge >= 0.3 is 0 Å². The number of hydrogen-bond donors (Lipinski definition) is 1. The summed E-state index contributed by atoms with van der Waals surface area (Å²) in [7, 11) is 0. The molecule has 0 amide bonds. The Kier molecular flexibility index (Phi) is 5.45. The molecule has 0 bridgehead atoms. The van der Waals surface area contributed by atoms with E-state index in [-0.39, 0.29) is 0 Å². The second-order valence-electron chi connectivity index (χ2n) is 4.64. The van der Waals surface area contributed by atoms with Gasteiger partial charge in [-0.25, -0.2) is 0 Å². The van der Waals surface area contributed by atoms with Crippen LogP contribution in [0, 0.1) is 5.92 Å². The molecular formula is C12H25N. The lowest BCUT2D eigenvalue weighted by atomic mass is 9.95. The third-order valence-corrected chi connectivity index (χ3v) is 3.29. The maximum absolute atomic E-state index is 6.09. The number of hydrogen-bond acceptors (Lipinski definition) is 1. The Morgan fingerprint density at radius 3 is 2.54 bits per heavy atom. The summed E-state index contributed by atoms with van der Waals surface area (Å²) in [6, 6.07) is 0.495. The third kappa shape index (κ3) is 4.66. The van der Waals surface area contributed by atoms with E-state index in [1.165, 1.54) is 57.8 Å². The van der Waals surface area contributed by atoms with Crippen LogP contribution in [0.4, 0.5) is 0 Å². The topological polar surface area (TPSA) is 26.0 Å². The second-order valence-corrected chi connectivity index (χ2v) is 4.64. The van der Waals surface area contributed by atoms with Gasteiger partial charge in [0.25, 0.3) is 0 Å². The molecule has 0 aliphatic heterocycles. The SMILES string of the molecule is CCCCCC(N)CC1CCCC1. The standard InChI is InChI=1S/C12H25N/c1-2-3-4-9-12(13)10-11-7-5-6-8-11/h11-12H,2-10,13H2,1H3. The van der Waals surface area contributed by atoms with E-state index >= 15 is 0 Å². The monoisotopic (exact) mass is 183 g/mol. The van der Waals surface area contributed by atoms with Crippen LogP contribution >= 0.6 is 0 Å². The molecule has 0 aromatic carbocycles. The van der Waals surface area contributed by atoms with Crippen LogP contribution in [0.15, 0.2) is 0 Å². The van der Waals surface area contributed by atoms with Crippen molar-refractivity contribution in [3.8, 4) is 0 Å². The predicted molar refractivity (Wildman–Crippen MR) is 58.7 cm³/mol. The predicted octanol–water partition coefficient (Wildman–Crippen LogP) is 3.47. The van der Waals surface area contributed by atoms with Crippen LogP contribution in [0.3, 0.4) is 0 Å². The van der Waals surface area contributed by atoms with Gasteiger partial charge in [0.1, 0.15) is 0 Å². The van der Waals surface area contributed by atoms with E-state index in [0.717, 1.165) is 5.92 Å². The average Bonchev–Trinajstić information content (AvgIpc) is 2.57. The molecule has 1 atom stereocenters. The van der Waals surface area contributed by atoms with Crippen molar-refractivity contribution in [1.82, 2.24) is 0 Å². The summed E-state index contributed by atoms with van der Waals surface area (Å²) in [4.78, 5) is 0. The Morgan fingerprint density at radius 2 is 1.92 bits per heavy atom. The zero-order valence-corrected chi connectivity index (χ0v) is 9.10. The van der Waals surface area contributed by atoms with E-state index in [4.69, 9.17) is 5.73 Å². The van der Waals surface area contributed by atoms with Crippen molar-refractivity contribution in [2.75, 3.05) is 0 Å². The van der Waals surface area contributed by atoms with Crippen LogP contribution in [0.1, 0.15) is 64.7 Å². The van der Waals surface area contributed by atoms with E-state index in [2.05, 4.69) is 6.92 Å². The summed E-state index contributed by atoms with van der Waals surface area (Å²) in [6.45, 7) is 2.25. The molecule has 0 spiro atoms. The van der Waals surface area contributed by atoms with E-state index in [0.29, 0.717) is 6.04 Å². The molecule has 0 radical (unpaired) electrons. The van der Waals surface area contributed by atoms with Gasteiger partial charge in [0.2, 0.25) is 0 Å². The molecule has 0 saturated heterocycles. The second kappa shape index (κ2) is 6.42. The van der Waals surface area contributed by atoms with Crippen LogP contribution in [0.25, 0.3) is 0 Å². The van der Waals surface area contributed by atoms with Crippen LogP contribution in [-0.4, -0.2) is 6.04 Å². The van der Waals surface area contributed by atoms with E-state index in [1.54, 1.807) is 0 Å². The van der Waals surface area contributed by atoms with Gasteiger partial charge in [-0.15, -0.1) is 0 Å². The largest absolute Gasteiger partial charge is 0.328 e. The summed E-state index contributed by atoms with van der Waals surface area (Å²) in [5.41, 5.74) is 6.09. The molecule has 1 heteroatoms. The van der Waals surface area contributed by atoms with Gasteiger partial charge in [-0.2, -0.15) is 0 Å². The lowest BCUT2D eigenvalue weighted by molar-refractivity contribution is 0.417. The Morgan fingerprint density at radius 1 is 1.23 bits per heavy atom. The molecule has 0 heterocycles. The Labute approximate surface area is 83.1 Å². The fourth-order valence-electron chi connectivity index (χ4n) is 2.45. The normalized spacial score (nSPS) is 20.8. The van der Waals surface area contributed by atoms with Crippen molar-refractivity contribution in [2.45, 2.75) is 70.8 Å². The van der Waals surface area contributed by atoms with Crippen LogP contribution in [0.5, 0.6) is 0 Å². The molecule has 1 aliphatic carbocycles. The Balaban J connectivity index is 1.99. The van der Waals surface area contributed by atoms with Gasteiger partial charge in [0, 0.05) is 6.04 Å². The first-order chi connectivity index (χ1) is 6.33. The highest BCUT2D eigenvalue weighted by Gasteiger charge is 2.17. The maximum atomic E-state index is 6.09. The van der Waals surface area contributed by atoms with Crippen LogP contribution in [-0.2, 0) is 0 Å².